The Labute approximate surface area is 124 Å². The van der Waals surface area contributed by atoms with Gasteiger partial charge in [-0.1, -0.05) is 18.2 Å². The Morgan fingerprint density at radius 1 is 1.13 bits per heavy atom. The number of amides is 1. The van der Waals surface area contributed by atoms with E-state index in [1.165, 1.54) is 5.32 Å². The van der Waals surface area contributed by atoms with Crippen molar-refractivity contribution in [3.05, 3.63) is 47.3 Å². The summed E-state index contributed by atoms with van der Waals surface area (Å²) < 4.78 is 78.2. The Morgan fingerprint density at radius 3 is 2.30 bits per heavy atom. The first-order valence-electron chi connectivity index (χ1n) is 6.00. The molecule has 5 nitrogen and oxygen atoms in total. The molecule has 0 saturated carbocycles. The minimum absolute atomic E-state index is 0.483. The molecular weight excluding hydrogens is 330 g/mol. The van der Waals surface area contributed by atoms with E-state index in [4.69, 9.17) is 0 Å². The Hall–Kier alpha value is -2.59. The minimum atomic E-state index is -5.14. The quantitative estimate of drug-likeness (QED) is 0.846. The molecule has 0 radical (unpaired) electrons. The van der Waals surface area contributed by atoms with Gasteiger partial charge in [-0.3, -0.25) is 4.79 Å². The van der Waals surface area contributed by atoms with Crippen molar-refractivity contribution in [3.63, 3.8) is 0 Å². The molecule has 1 aromatic carbocycles. The summed E-state index contributed by atoms with van der Waals surface area (Å²) in [5.41, 5.74) is -3.07. The van der Waals surface area contributed by atoms with Crippen molar-refractivity contribution in [1.82, 2.24) is 20.7 Å². The van der Waals surface area contributed by atoms with Crippen LogP contribution in [0, 0.1) is 0 Å². The molecule has 0 aliphatic carbocycles. The first-order valence-corrected chi connectivity index (χ1v) is 6.00. The number of benzene rings is 1. The average Bonchev–Trinajstić information content (AvgIpc) is 2.96. The van der Waals surface area contributed by atoms with Gasteiger partial charge in [0.2, 0.25) is 0 Å². The van der Waals surface area contributed by atoms with Crippen LogP contribution in [-0.2, 0) is 6.18 Å². The molecule has 0 saturated heterocycles. The molecule has 1 heterocycles. The number of alkyl halides is 6. The van der Waals surface area contributed by atoms with Crippen molar-refractivity contribution in [1.29, 1.82) is 0 Å². The molecule has 1 amide bonds. The topological polar surface area (TPSA) is 70.7 Å². The summed E-state index contributed by atoms with van der Waals surface area (Å²) in [5.74, 6) is -1.31. The van der Waals surface area contributed by atoms with E-state index in [0.29, 0.717) is 12.1 Å². The second-order valence-corrected chi connectivity index (χ2v) is 4.39. The third-order valence-electron chi connectivity index (χ3n) is 2.83. The highest BCUT2D eigenvalue weighted by Crippen LogP contribution is 2.40. The van der Waals surface area contributed by atoms with Crippen LogP contribution in [0.1, 0.15) is 27.7 Å². The van der Waals surface area contributed by atoms with Gasteiger partial charge < -0.3 is 5.32 Å². The van der Waals surface area contributed by atoms with E-state index >= 15 is 0 Å². The lowest BCUT2D eigenvalue weighted by atomic mass is 9.99. The van der Waals surface area contributed by atoms with Crippen LogP contribution in [0.5, 0.6) is 0 Å². The second kappa shape index (κ2) is 5.89. The van der Waals surface area contributed by atoms with Gasteiger partial charge in [0.25, 0.3) is 5.91 Å². The summed E-state index contributed by atoms with van der Waals surface area (Å²) in [5, 5.41) is 10.0. The fourth-order valence-corrected chi connectivity index (χ4v) is 1.86. The third-order valence-corrected chi connectivity index (χ3v) is 2.83. The number of hydrogen-bond donors (Lipinski definition) is 2. The van der Waals surface area contributed by atoms with E-state index in [-0.39, 0.29) is 0 Å². The highest BCUT2D eigenvalue weighted by Gasteiger charge is 2.46. The van der Waals surface area contributed by atoms with Crippen LogP contribution < -0.4 is 5.32 Å². The molecule has 11 heteroatoms. The summed E-state index contributed by atoms with van der Waals surface area (Å²) in [4.78, 5) is 11.7. The van der Waals surface area contributed by atoms with Crippen LogP contribution in [0.4, 0.5) is 26.3 Å². The molecule has 23 heavy (non-hydrogen) atoms. The molecule has 2 rings (SSSR count). The third kappa shape index (κ3) is 3.79. The van der Waals surface area contributed by atoms with Crippen LogP contribution >= 0.6 is 0 Å². The second-order valence-electron chi connectivity index (χ2n) is 4.39. The first-order chi connectivity index (χ1) is 10.6. The van der Waals surface area contributed by atoms with E-state index in [1.54, 1.807) is 0 Å². The van der Waals surface area contributed by atoms with Gasteiger partial charge in [0.1, 0.15) is 0 Å². The molecule has 1 unspecified atom stereocenters. The SMILES string of the molecule is O=C(NC(c1ccccc1C(F)(F)F)C(F)(F)F)c1cn[nH]n1. The van der Waals surface area contributed by atoms with Gasteiger partial charge in [0.05, 0.1) is 11.8 Å². The number of aromatic amines is 1. The van der Waals surface area contributed by atoms with E-state index < -0.39 is 41.1 Å². The highest BCUT2D eigenvalue weighted by molar-refractivity contribution is 5.92. The fraction of sp³-hybridized carbons (Fsp3) is 0.250. The van der Waals surface area contributed by atoms with E-state index in [9.17, 15) is 31.1 Å². The van der Waals surface area contributed by atoms with Gasteiger partial charge >= 0.3 is 12.4 Å². The number of carbonyl (C=O) groups excluding carboxylic acids is 1. The molecular formula is C12H8F6N4O. The van der Waals surface area contributed by atoms with Gasteiger partial charge in [-0.25, -0.2) is 0 Å². The lowest BCUT2D eigenvalue weighted by Crippen LogP contribution is -2.39. The average molecular weight is 338 g/mol. The summed E-state index contributed by atoms with van der Waals surface area (Å²) in [6.45, 7) is 0. The van der Waals surface area contributed by atoms with E-state index in [1.807, 2.05) is 5.21 Å². The Balaban J connectivity index is 2.43. The van der Waals surface area contributed by atoms with E-state index in [0.717, 1.165) is 18.3 Å². The molecule has 0 aliphatic rings. The molecule has 2 N–H and O–H groups in total. The Morgan fingerprint density at radius 2 is 1.78 bits per heavy atom. The predicted octanol–water partition coefficient (Wildman–Crippen LogP) is 2.86. The zero-order valence-electron chi connectivity index (χ0n) is 11.0. The smallest absolute Gasteiger partial charge is 0.335 e. The standard InChI is InChI=1S/C12H8F6N4O/c13-11(14,15)7-4-2-1-3-6(7)9(12(16,17)18)20-10(23)8-5-19-22-21-8/h1-5,9H,(H,20,23)(H,19,21,22). The van der Waals surface area contributed by atoms with Crippen molar-refractivity contribution >= 4 is 5.91 Å². The molecule has 0 aliphatic heterocycles. The first kappa shape index (κ1) is 16.8. The van der Waals surface area contributed by atoms with Crippen molar-refractivity contribution < 1.29 is 31.1 Å². The van der Waals surface area contributed by atoms with Gasteiger partial charge in [0, 0.05) is 0 Å². The highest BCUT2D eigenvalue weighted by atomic mass is 19.4. The molecule has 124 valence electrons. The predicted molar refractivity (Wildman–Crippen MR) is 64.1 cm³/mol. The van der Waals surface area contributed by atoms with Crippen LogP contribution in [-0.4, -0.2) is 27.5 Å². The van der Waals surface area contributed by atoms with Gasteiger partial charge in [-0.15, -0.1) is 0 Å². The number of H-pyrrole nitrogens is 1. The van der Waals surface area contributed by atoms with Crippen LogP contribution in [0.15, 0.2) is 30.5 Å². The normalized spacial score (nSPS) is 13.7. The summed E-state index contributed by atoms with van der Waals surface area (Å²) >= 11 is 0. The van der Waals surface area contributed by atoms with Crippen molar-refractivity contribution in [2.75, 3.05) is 0 Å². The monoisotopic (exact) mass is 338 g/mol. The maximum Gasteiger partial charge on any atom is 0.416 e. The number of carbonyl (C=O) groups is 1. The van der Waals surface area contributed by atoms with Gasteiger partial charge in [-0.05, 0) is 11.6 Å². The van der Waals surface area contributed by atoms with Crippen LogP contribution in [0.2, 0.25) is 0 Å². The number of aromatic nitrogens is 3. The number of halogens is 6. The number of nitrogens with one attached hydrogen (secondary N) is 2. The van der Waals surface area contributed by atoms with Gasteiger partial charge in [0.15, 0.2) is 11.7 Å². The molecule has 1 atom stereocenters. The molecule has 0 fully saturated rings. The lowest BCUT2D eigenvalue weighted by Gasteiger charge is -2.24. The van der Waals surface area contributed by atoms with E-state index in [2.05, 4.69) is 10.2 Å². The molecule has 2 aromatic rings. The zero-order valence-corrected chi connectivity index (χ0v) is 11.0. The Kier molecular flexibility index (Phi) is 4.30. The zero-order chi connectivity index (χ0) is 17.3. The van der Waals surface area contributed by atoms with Crippen LogP contribution in [0.25, 0.3) is 0 Å². The number of rotatable bonds is 3. The molecule has 1 aromatic heterocycles. The maximum absolute atomic E-state index is 13.2. The van der Waals surface area contributed by atoms with Crippen molar-refractivity contribution in [3.8, 4) is 0 Å². The molecule has 0 bridgehead atoms. The summed E-state index contributed by atoms with van der Waals surface area (Å²) in [6.07, 6.45) is -9.29. The summed E-state index contributed by atoms with van der Waals surface area (Å²) in [6, 6.07) is 0.301. The fourth-order valence-electron chi connectivity index (χ4n) is 1.86. The Bertz CT molecular complexity index is 680. The summed E-state index contributed by atoms with van der Waals surface area (Å²) in [7, 11) is 0. The maximum atomic E-state index is 13.2. The largest absolute Gasteiger partial charge is 0.416 e. The lowest BCUT2D eigenvalue weighted by molar-refractivity contribution is -0.160. The number of hydrogen-bond acceptors (Lipinski definition) is 3. The van der Waals surface area contributed by atoms with Crippen molar-refractivity contribution in [2.24, 2.45) is 0 Å². The molecule has 0 spiro atoms. The van der Waals surface area contributed by atoms with Crippen molar-refractivity contribution in [2.45, 2.75) is 18.4 Å². The van der Waals surface area contributed by atoms with Crippen LogP contribution in [0.3, 0.4) is 0 Å². The minimum Gasteiger partial charge on any atom is -0.335 e. The number of nitrogens with zero attached hydrogens (tertiary/aromatic N) is 2. The van der Waals surface area contributed by atoms with Gasteiger partial charge in [-0.2, -0.15) is 41.8 Å².